The molecule has 1 rings (SSSR count). The molecule has 0 unspecified atom stereocenters. The first-order valence-corrected chi connectivity index (χ1v) is 8.77. The van der Waals surface area contributed by atoms with Crippen LogP contribution in [0.4, 0.5) is 0 Å². The summed E-state index contributed by atoms with van der Waals surface area (Å²) in [7, 11) is -3.44. The molecule has 1 aromatic carbocycles. The highest BCUT2D eigenvalue weighted by Crippen LogP contribution is 2.15. The summed E-state index contributed by atoms with van der Waals surface area (Å²) >= 11 is 5.72. The van der Waals surface area contributed by atoms with Crippen molar-refractivity contribution in [2.45, 2.75) is 31.2 Å². The third-order valence-electron chi connectivity index (χ3n) is 2.90. The Kier molecular flexibility index (Phi) is 9.00. The van der Waals surface area contributed by atoms with Gasteiger partial charge in [0.1, 0.15) is 0 Å². The summed E-state index contributed by atoms with van der Waals surface area (Å²) < 4.78 is 24.1. The maximum Gasteiger partial charge on any atom is 0.236 e. The van der Waals surface area contributed by atoms with Gasteiger partial charge in [0.2, 0.25) is 5.91 Å². The molecule has 0 spiro atoms. The van der Waals surface area contributed by atoms with Crippen molar-refractivity contribution >= 4 is 39.8 Å². The summed E-state index contributed by atoms with van der Waals surface area (Å²) in [5.41, 5.74) is 5.72. The molecule has 1 atom stereocenters. The molecule has 22 heavy (non-hydrogen) atoms. The zero-order chi connectivity index (χ0) is 16.0. The van der Waals surface area contributed by atoms with E-state index in [1.165, 1.54) is 24.3 Å². The van der Waals surface area contributed by atoms with Crippen LogP contribution < -0.4 is 11.1 Å². The zero-order valence-electron chi connectivity index (χ0n) is 12.6. The molecule has 3 N–H and O–H groups in total. The monoisotopic (exact) mass is 368 g/mol. The number of benzene rings is 1. The van der Waals surface area contributed by atoms with Crippen molar-refractivity contribution in [3.05, 3.63) is 29.3 Å². The van der Waals surface area contributed by atoms with Crippen LogP contribution in [0, 0.1) is 5.92 Å². The molecule has 0 heterocycles. The van der Waals surface area contributed by atoms with Gasteiger partial charge in [0.05, 0.1) is 16.7 Å². The van der Waals surface area contributed by atoms with Crippen LogP contribution >= 0.6 is 24.0 Å². The minimum absolute atomic E-state index is 0. The Morgan fingerprint density at radius 1 is 1.27 bits per heavy atom. The van der Waals surface area contributed by atoms with Crippen LogP contribution in [0.3, 0.4) is 0 Å². The summed E-state index contributed by atoms with van der Waals surface area (Å²) in [5, 5.41) is 3.03. The highest BCUT2D eigenvalue weighted by atomic mass is 35.5. The molecule has 5 nitrogen and oxygen atoms in total. The number of rotatable bonds is 7. The molecule has 8 heteroatoms. The number of carbonyl (C=O) groups is 1. The van der Waals surface area contributed by atoms with Gasteiger partial charge < -0.3 is 11.1 Å². The normalized spacial score (nSPS) is 12.6. The highest BCUT2D eigenvalue weighted by molar-refractivity contribution is 7.91. The van der Waals surface area contributed by atoms with Crippen molar-refractivity contribution < 1.29 is 13.2 Å². The lowest BCUT2D eigenvalue weighted by atomic mass is 10.0. The average molecular weight is 369 g/mol. The lowest BCUT2D eigenvalue weighted by Gasteiger charge is -2.14. The number of hydrogen-bond acceptors (Lipinski definition) is 4. The van der Waals surface area contributed by atoms with Gasteiger partial charge in [0.15, 0.2) is 9.84 Å². The molecule has 1 amide bonds. The number of nitrogens with one attached hydrogen (secondary N) is 1. The summed E-state index contributed by atoms with van der Waals surface area (Å²) in [6.07, 6.45) is 0.565. The highest BCUT2D eigenvalue weighted by Gasteiger charge is 2.17. The van der Waals surface area contributed by atoms with Crippen LogP contribution in [0.5, 0.6) is 0 Å². The number of sulfone groups is 1. The number of nitrogens with two attached hydrogens (primary N) is 1. The SMILES string of the molecule is CC(C)C[C@H](N)C(=O)NCCS(=O)(=O)c1ccc(Cl)cc1.Cl. The fourth-order valence-electron chi connectivity index (χ4n) is 1.81. The van der Waals surface area contributed by atoms with E-state index in [-0.39, 0.29) is 35.5 Å². The van der Waals surface area contributed by atoms with Crippen molar-refractivity contribution in [1.29, 1.82) is 0 Å². The molecule has 0 aliphatic rings. The van der Waals surface area contributed by atoms with E-state index in [0.29, 0.717) is 17.4 Å². The molecule has 0 saturated heterocycles. The van der Waals surface area contributed by atoms with E-state index < -0.39 is 15.9 Å². The third-order valence-corrected chi connectivity index (χ3v) is 4.89. The predicted octanol–water partition coefficient (Wildman–Crippen LogP) is 2.03. The van der Waals surface area contributed by atoms with Crippen LogP contribution in [0.25, 0.3) is 0 Å². The van der Waals surface area contributed by atoms with Gasteiger partial charge in [-0.3, -0.25) is 4.79 Å². The second-order valence-electron chi connectivity index (χ2n) is 5.30. The number of hydrogen-bond donors (Lipinski definition) is 2. The molecule has 0 saturated carbocycles. The fourth-order valence-corrected chi connectivity index (χ4v) is 3.10. The molecule has 0 aliphatic heterocycles. The van der Waals surface area contributed by atoms with Gasteiger partial charge in [-0.05, 0) is 36.6 Å². The van der Waals surface area contributed by atoms with Gasteiger partial charge in [-0.2, -0.15) is 0 Å². The Morgan fingerprint density at radius 3 is 2.32 bits per heavy atom. The van der Waals surface area contributed by atoms with Crippen LogP contribution in [-0.2, 0) is 14.6 Å². The second kappa shape index (κ2) is 9.35. The van der Waals surface area contributed by atoms with Gasteiger partial charge in [-0.15, -0.1) is 12.4 Å². The van der Waals surface area contributed by atoms with E-state index in [9.17, 15) is 13.2 Å². The van der Waals surface area contributed by atoms with Gasteiger partial charge >= 0.3 is 0 Å². The van der Waals surface area contributed by atoms with Crippen LogP contribution in [-0.4, -0.2) is 32.7 Å². The number of halogens is 2. The molecular weight excluding hydrogens is 347 g/mol. The molecule has 0 aliphatic carbocycles. The largest absolute Gasteiger partial charge is 0.354 e. The molecule has 1 aromatic rings. The molecule has 0 fully saturated rings. The molecule has 0 aromatic heterocycles. The maximum atomic E-state index is 12.0. The topological polar surface area (TPSA) is 89.3 Å². The minimum Gasteiger partial charge on any atom is -0.354 e. The fraction of sp³-hybridized carbons (Fsp3) is 0.500. The van der Waals surface area contributed by atoms with E-state index in [2.05, 4.69) is 5.32 Å². The summed E-state index contributed by atoms with van der Waals surface area (Å²) in [4.78, 5) is 11.9. The zero-order valence-corrected chi connectivity index (χ0v) is 15.0. The smallest absolute Gasteiger partial charge is 0.236 e. The molecule has 0 radical (unpaired) electrons. The average Bonchev–Trinajstić information content (AvgIpc) is 2.38. The van der Waals surface area contributed by atoms with E-state index in [0.717, 1.165) is 0 Å². The van der Waals surface area contributed by atoms with Crippen molar-refractivity contribution in [3.8, 4) is 0 Å². The number of amides is 1. The van der Waals surface area contributed by atoms with Crippen molar-refractivity contribution in [1.82, 2.24) is 5.32 Å². The minimum atomic E-state index is -3.44. The molecule has 126 valence electrons. The Hall–Kier alpha value is -0.820. The Balaban J connectivity index is 0.00000441. The van der Waals surface area contributed by atoms with E-state index in [1.807, 2.05) is 13.8 Å². The first-order valence-electron chi connectivity index (χ1n) is 6.74. The molecule has 0 bridgehead atoms. The van der Waals surface area contributed by atoms with E-state index in [1.54, 1.807) is 0 Å². The summed E-state index contributed by atoms with van der Waals surface area (Å²) in [6.45, 7) is 3.98. The van der Waals surface area contributed by atoms with Crippen LogP contribution in [0.1, 0.15) is 20.3 Å². The first-order chi connectivity index (χ1) is 9.72. The van der Waals surface area contributed by atoms with Crippen LogP contribution in [0.15, 0.2) is 29.2 Å². The third kappa shape index (κ3) is 6.96. The lowest BCUT2D eigenvalue weighted by molar-refractivity contribution is -0.122. The summed E-state index contributed by atoms with van der Waals surface area (Å²) in [6, 6.07) is 5.33. The molecular formula is C14H22Cl2N2O3S. The van der Waals surface area contributed by atoms with E-state index >= 15 is 0 Å². The lowest BCUT2D eigenvalue weighted by Crippen LogP contribution is -2.42. The Morgan fingerprint density at radius 2 is 1.82 bits per heavy atom. The quantitative estimate of drug-likeness (QED) is 0.770. The predicted molar refractivity (Wildman–Crippen MR) is 91.2 cm³/mol. The van der Waals surface area contributed by atoms with E-state index in [4.69, 9.17) is 17.3 Å². The van der Waals surface area contributed by atoms with Crippen LogP contribution in [0.2, 0.25) is 5.02 Å². The van der Waals surface area contributed by atoms with Gasteiger partial charge in [0, 0.05) is 11.6 Å². The van der Waals surface area contributed by atoms with Gasteiger partial charge in [-0.1, -0.05) is 25.4 Å². The van der Waals surface area contributed by atoms with Gasteiger partial charge in [-0.25, -0.2) is 8.42 Å². The van der Waals surface area contributed by atoms with Crippen molar-refractivity contribution in [2.24, 2.45) is 11.7 Å². The van der Waals surface area contributed by atoms with Crippen molar-refractivity contribution in [2.75, 3.05) is 12.3 Å². The summed E-state index contributed by atoms with van der Waals surface area (Å²) in [5.74, 6) is -0.187. The standard InChI is InChI=1S/C14H21ClN2O3S.ClH/c1-10(2)9-13(16)14(18)17-7-8-21(19,20)12-5-3-11(15)4-6-12;/h3-6,10,13H,7-9,16H2,1-2H3,(H,17,18);1H/t13-;/m0./s1. The van der Waals surface area contributed by atoms with Crippen molar-refractivity contribution in [3.63, 3.8) is 0 Å². The first kappa shape index (κ1) is 21.2. The maximum absolute atomic E-state index is 12.0. The number of carbonyl (C=O) groups excluding carboxylic acids is 1. The van der Waals surface area contributed by atoms with Gasteiger partial charge in [0.25, 0.3) is 0 Å². The Bertz CT molecular complexity index is 574. The second-order valence-corrected chi connectivity index (χ2v) is 7.85. The Labute approximate surface area is 142 Å².